The maximum Gasteiger partial charge on any atom is 0.264 e. The Kier molecular flexibility index (Phi) is 4.35. The van der Waals surface area contributed by atoms with Crippen LogP contribution in [-0.2, 0) is 10.0 Å². The number of halogens is 1. The SMILES string of the molecule is COc1ccc(N(C)S(=O)(=O)c2ccc(Br)cc2)cc1. The quantitative estimate of drug-likeness (QED) is 0.845. The zero-order valence-corrected chi connectivity index (χ0v) is 13.5. The summed E-state index contributed by atoms with van der Waals surface area (Å²) < 4.78 is 32.1. The highest BCUT2D eigenvalue weighted by Gasteiger charge is 2.20. The van der Waals surface area contributed by atoms with Gasteiger partial charge in [0.2, 0.25) is 0 Å². The summed E-state index contributed by atoms with van der Waals surface area (Å²) in [7, 11) is -0.463. The third-order valence-electron chi connectivity index (χ3n) is 2.91. The summed E-state index contributed by atoms with van der Waals surface area (Å²) in [4.78, 5) is 0.249. The van der Waals surface area contributed by atoms with E-state index < -0.39 is 10.0 Å². The van der Waals surface area contributed by atoms with Gasteiger partial charge in [0.05, 0.1) is 17.7 Å². The molecule has 0 fully saturated rings. The molecule has 0 heterocycles. The Balaban J connectivity index is 2.35. The van der Waals surface area contributed by atoms with Crippen molar-refractivity contribution in [2.75, 3.05) is 18.5 Å². The van der Waals surface area contributed by atoms with Crippen molar-refractivity contribution in [3.63, 3.8) is 0 Å². The van der Waals surface area contributed by atoms with Crippen LogP contribution in [0.15, 0.2) is 57.9 Å². The first-order valence-electron chi connectivity index (χ1n) is 5.83. The summed E-state index contributed by atoms with van der Waals surface area (Å²) in [5.41, 5.74) is 0.578. The van der Waals surface area contributed by atoms with E-state index >= 15 is 0 Å². The molecule has 6 heteroatoms. The Morgan fingerprint density at radius 2 is 1.55 bits per heavy atom. The lowest BCUT2D eigenvalue weighted by molar-refractivity contribution is 0.415. The van der Waals surface area contributed by atoms with Crippen molar-refractivity contribution in [3.05, 3.63) is 53.0 Å². The van der Waals surface area contributed by atoms with Crippen molar-refractivity contribution in [1.29, 1.82) is 0 Å². The molecular formula is C14H14BrNO3S. The molecule has 0 radical (unpaired) electrons. The first-order valence-corrected chi connectivity index (χ1v) is 8.07. The second-order valence-corrected chi connectivity index (χ2v) is 7.01. The fourth-order valence-corrected chi connectivity index (χ4v) is 3.16. The summed E-state index contributed by atoms with van der Waals surface area (Å²) >= 11 is 3.29. The number of sulfonamides is 1. The normalized spacial score (nSPS) is 11.2. The molecule has 0 spiro atoms. The molecule has 106 valence electrons. The molecule has 0 aliphatic heterocycles. The zero-order valence-electron chi connectivity index (χ0n) is 11.1. The van der Waals surface area contributed by atoms with Crippen LogP contribution in [0.3, 0.4) is 0 Å². The smallest absolute Gasteiger partial charge is 0.264 e. The Labute approximate surface area is 127 Å². The Hall–Kier alpha value is -1.53. The third-order valence-corrected chi connectivity index (χ3v) is 5.24. The van der Waals surface area contributed by atoms with E-state index in [-0.39, 0.29) is 4.90 Å². The highest BCUT2D eigenvalue weighted by Crippen LogP contribution is 2.24. The lowest BCUT2D eigenvalue weighted by Crippen LogP contribution is -2.26. The van der Waals surface area contributed by atoms with E-state index in [0.717, 1.165) is 4.47 Å². The molecule has 20 heavy (non-hydrogen) atoms. The van der Waals surface area contributed by atoms with E-state index in [1.165, 1.54) is 11.4 Å². The van der Waals surface area contributed by atoms with Crippen LogP contribution in [0.25, 0.3) is 0 Å². The van der Waals surface area contributed by atoms with Gasteiger partial charge in [-0.15, -0.1) is 0 Å². The van der Waals surface area contributed by atoms with E-state index in [0.29, 0.717) is 11.4 Å². The summed E-state index contributed by atoms with van der Waals surface area (Å²) in [5.74, 6) is 0.684. The molecular weight excluding hydrogens is 342 g/mol. The van der Waals surface area contributed by atoms with Gasteiger partial charge in [-0.05, 0) is 48.5 Å². The minimum atomic E-state index is -3.56. The van der Waals surface area contributed by atoms with Gasteiger partial charge >= 0.3 is 0 Å². The largest absolute Gasteiger partial charge is 0.497 e. The van der Waals surface area contributed by atoms with Gasteiger partial charge in [0.15, 0.2) is 0 Å². The van der Waals surface area contributed by atoms with E-state index in [9.17, 15) is 8.42 Å². The Bertz CT molecular complexity index is 681. The van der Waals surface area contributed by atoms with Crippen LogP contribution in [0, 0.1) is 0 Å². The second kappa shape index (κ2) is 5.85. The molecule has 0 bridgehead atoms. The highest BCUT2D eigenvalue weighted by atomic mass is 79.9. The predicted octanol–water partition coefficient (Wildman–Crippen LogP) is 3.28. The minimum absolute atomic E-state index is 0.249. The number of nitrogens with zero attached hydrogens (tertiary/aromatic N) is 1. The van der Waals surface area contributed by atoms with Crippen LogP contribution in [0.1, 0.15) is 0 Å². The van der Waals surface area contributed by atoms with Crippen LogP contribution >= 0.6 is 15.9 Å². The van der Waals surface area contributed by atoms with Crippen LogP contribution in [0.4, 0.5) is 5.69 Å². The topological polar surface area (TPSA) is 46.6 Å². The number of hydrogen-bond donors (Lipinski definition) is 0. The van der Waals surface area contributed by atoms with Crippen molar-refractivity contribution in [2.24, 2.45) is 0 Å². The molecule has 2 aromatic rings. The minimum Gasteiger partial charge on any atom is -0.497 e. The van der Waals surface area contributed by atoms with Crippen LogP contribution in [-0.4, -0.2) is 22.6 Å². The summed E-state index contributed by atoms with van der Waals surface area (Å²) in [6.45, 7) is 0. The molecule has 4 nitrogen and oxygen atoms in total. The number of rotatable bonds is 4. The standard InChI is InChI=1S/C14H14BrNO3S/c1-16(12-5-7-13(19-2)8-6-12)20(17,18)14-9-3-11(15)4-10-14/h3-10H,1-2H3. The predicted molar refractivity (Wildman–Crippen MR) is 82.7 cm³/mol. The Morgan fingerprint density at radius 3 is 2.05 bits per heavy atom. The molecule has 0 aliphatic carbocycles. The summed E-state index contributed by atoms with van der Waals surface area (Å²) in [5, 5.41) is 0. The number of methoxy groups -OCH3 is 1. The lowest BCUT2D eigenvalue weighted by atomic mass is 10.3. The van der Waals surface area contributed by atoms with Gasteiger partial charge in [0.25, 0.3) is 10.0 Å². The number of anilines is 1. The first kappa shape index (κ1) is 14.9. The number of benzene rings is 2. The van der Waals surface area contributed by atoms with Crippen LogP contribution in [0.2, 0.25) is 0 Å². The molecule has 0 atom stereocenters. The Morgan fingerprint density at radius 1 is 1.00 bits per heavy atom. The lowest BCUT2D eigenvalue weighted by Gasteiger charge is -2.19. The molecule has 0 N–H and O–H groups in total. The van der Waals surface area contributed by atoms with E-state index in [4.69, 9.17) is 4.74 Å². The summed E-state index contributed by atoms with van der Waals surface area (Å²) in [6, 6.07) is 13.4. The van der Waals surface area contributed by atoms with E-state index in [1.807, 2.05) is 0 Å². The molecule has 2 rings (SSSR count). The second-order valence-electron chi connectivity index (χ2n) is 4.12. The van der Waals surface area contributed by atoms with Gasteiger partial charge in [-0.3, -0.25) is 4.31 Å². The average Bonchev–Trinajstić information content (AvgIpc) is 2.47. The van der Waals surface area contributed by atoms with Crippen molar-refractivity contribution >= 4 is 31.6 Å². The average molecular weight is 356 g/mol. The molecule has 0 aromatic heterocycles. The number of ether oxygens (including phenoxy) is 1. The van der Waals surface area contributed by atoms with Gasteiger partial charge in [0.1, 0.15) is 5.75 Å². The van der Waals surface area contributed by atoms with Crippen molar-refractivity contribution in [3.8, 4) is 5.75 Å². The third kappa shape index (κ3) is 2.96. The highest BCUT2D eigenvalue weighted by molar-refractivity contribution is 9.10. The van der Waals surface area contributed by atoms with Crippen LogP contribution in [0.5, 0.6) is 5.75 Å². The molecule has 0 aliphatic rings. The van der Waals surface area contributed by atoms with E-state index in [1.54, 1.807) is 55.6 Å². The van der Waals surface area contributed by atoms with E-state index in [2.05, 4.69) is 15.9 Å². The van der Waals surface area contributed by atoms with Gasteiger partial charge < -0.3 is 4.74 Å². The zero-order chi connectivity index (χ0) is 14.8. The number of hydrogen-bond acceptors (Lipinski definition) is 3. The fourth-order valence-electron chi connectivity index (χ4n) is 1.70. The van der Waals surface area contributed by atoms with Crippen molar-refractivity contribution in [1.82, 2.24) is 0 Å². The molecule has 0 saturated heterocycles. The maximum atomic E-state index is 12.5. The van der Waals surface area contributed by atoms with Gasteiger partial charge in [-0.2, -0.15) is 0 Å². The maximum absolute atomic E-state index is 12.5. The fraction of sp³-hybridized carbons (Fsp3) is 0.143. The summed E-state index contributed by atoms with van der Waals surface area (Å²) in [6.07, 6.45) is 0. The molecule has 0 unspecified atom stereocenters. The first-order chi connectivity index (χ1) is 9.45. The van der Waals surface area contributed by atoms with Crippen molar-refractivity contribution in [2.45, 2.75) is 4.90 Å². The monoisotopic (exact) mass is 355 g/mol. The molecule has 0 amide bonds. The van der Waals surface area contributed by atoms with Gasteiger partial charge in [0, 0.05) is 11.5 Å². The van der Waals surface area contributed by atoms with Crippen molar-refractivity contribution < 1.29 is 13.2 Å². The molecule has 2 aromatic carbocycles. The van der Waals surface area contributed by atoms with Crippen LogP contribution < -0.4 is 9.04 Å². The van der Waals surface area contributed by atoms with Gasteiger partial charge in [-0.25, -0.2) is 8.42 Å². The molecule has 0 saturated carbocycles. The van der Waals surface area contributed by atoms with Gasteiger partial charge in [-0.1, -0.05) is 15.9 Å².